The lowest BCUT2D eigenvalue weighted by Crippen LogP contribution is -2.24. The molecule has 4 heteroatoms. The summed E-state index contributed by atoms with van der Waals surface area (Å²) in [4.78, 5) is 11.8. The van der Waals surface area contributed by atoms with Crippen molar-refractivity contribution in [3.05, 3.63) is 29.8 Å². The molecule has 0 bridgehead atoms. The largest absolute Gasteiger partial charge is 0.466 e. The highest BCUT2D eigenvalue weighted by atomic mass is 16.5. The fourth-order valence-corrected chi connectivity index (χ4v) is 2.27. The van der Waals surface area contributed by atoms with Crippen molar-refractivity contribution in [2.45, 2.75) is 12.8 Å². The third-order valence-electron chi connectivity index (χ3n) is 3.17. The molecule has 1 aromatic rings. The van der Waals surface area contributed by atoms with Crippen LogP contribution in [0.4, 0.5) is 5.69 Å². The number of hydrogen-bond acceptors (Lipinski definition) is 4. The minimum Gasteiger partial charge on any atom is -0.466 e. The van der Waals surface area contributed by atoms with Gasteiger partial charge in [-0.3, -0.25) is 4.79 Å². The molecule has 1 saturated heterocycles. The lowest BCUT2D eigenvalue weighted by molar-refractivity contribution is -0.147. The molecule has 0 aromatic heterocycles. The van der Waals surface area contributed by atoms with Crippen LogP contribution < -0.4 is 11.1 Å². The SMILES string of the molecule is CCOC(=O)C1CNCC1c1ccc(N)cc1. The summed E-state index contributed by atoms with van der Waals surface area (Å²) in [6.45, 7) is 3.77. The summed E-state index contributed by atoms with van der Waals surface area (Å²) in [7, 11) is 0. The third kappa shape index (κ3) is 2.58. The number of nitrogen functional groups attached to an aromatic ring is 1. The summed E-state index contributed by atoms with van der Waals surface area (Å²) in [5.74, 6) is -0.00690. The van der Waals surface area contributed by atoms with E-state index in [0.29, 0.717) is 13.2 Å². The number of nitrogens with one attached hydrogen (secondary N) is 1. The summed E-state index contributed by atoms with van der Waals surface area (Å²) in [5, 5.41) is 3.24. The van der Waals surface area contributed by atoms with Crippen LogP contribution in [-0.4, -0.2) is 25.7 Å². The van der Waals surface area contributed by atoms with Gasteiger partial charge in [-0.05, 0) is 24.6 Å². The average Bonchev–Trinajstić information content (AvgIpc) is 2.79. The molecule has 17 heavy (non-hydrogen) atoms. The monoisotopic (exact) mass is 234 g/mol. The normalized spacial score (nSPS) is 23.6. The second-order valence-corrected chi connectivity index (χ2v) is 4.29. The second-order valence-electron chi connectivity index (χ2n) is 4.29. The Bertz CT molecular complexity index is 389. The van der Waals surface area contributed by atoms with E-state index in [2.05, 4.69) is 5.32 Å². The first kappa shape index (κ1) is 11.9. The molecule has 1 fully saturated rings. The van der Waals surface area contributed by atoms with Gasteiger partial charge in [-0.2, -0.15) is 0 Å². The van der Waals surface area contributed by atoms with Crippen LogP contribution in [0.15, 0.2) is 24.3 Å². The predicted molar refractivity (Wildman–Crippen MR) is 66.6 cm³/mol. The van der Waals surface area contributed by atoms with E-state index in [1.807, 2.05) is 31.2 Å². The van der Waals surface area contributed by atoms with Crippen LogP contribution in [-0.2, 0) is 9.53 Å². The number of hydrogen-bond donors (Lipinski definition) is 2. The number of carbonyl (C=O) groups excluding carboxylic acids is 1. The fourth-order valence-electron chi connectivity index (χ4n) is 2.27. The van der Waals surface area contributed by atoms with E-state index < -0.39 is 0 Å². The van der Waals surface area contributed by atoms with Crippen molar-refractivity contribution >= 4 is 11.7 Å². The van der Waals surface area contributed by atoms with Gasteiger partial charge in [0.05, 0.1) is 12.5 Å². The van der Waals surface area contributed by atoms with Crippen LogP contribution in [0.1, 0.15) is 18.4 Å². The summed E-state index contributed by atoms with van der Waals surface area (Å²) < 4.78 is 5.10. The molecule has 3 N–H and O–H groups in total. The van der Waals surface area contributed by atoms with Gasteiger partial charge in [0, 0.05) is 24.7 Å². The lowest BCUT2D eigenvalue weighted by Gasteiger charge is -2.17. The van der Waals surface area contributed by atoms with Gasteiger partial charge < -0.3 is 15.8 Å². The number of carbonyl (C=O) groups is 1. The Morgan fingerprint density at radius 3 is 2.76 bits per heavy atom. The molecular weight excluding hydrogens is 216 g/mol. The Balaban J connectivity index is 2.14. The number of nitrogens with two attached hydrogens (primary N) is 1. The molecule has 0 amide bonds. The van der Waals surface area contributed by atoms with Crippen molar-refractivity contribution in [3.8, 4) is 0 Å². The molecular formula is C13H18N2O2. The van der Waals surface area contributed by atoms with Gasteiger partial charge in [-0.25, -0.2) is 0 Å². The molecule has 1 aliphatic rings. The van der Waals surface area contributed by atoms with E-state index in [0.717, 1.165) is 17.8 Å². The zero-order chi connectivity index (χ0) is 12.3. The number of ether oxygens (including phenoxy) is 1. The van der Waals surface area contributed by atoms with Crippen LogP contribution in [0, 0.1) is 5.92 Å². The Hall–Kier alpha value is -1.55. The van der Waals surface area contributed by atoms with Crippen molar-refractivity contribution in [2.75, 3.05) is 25.4 Å². The Morgan fingerprint density at radius 2 is 2.12 bits per heavy atom. The summed E-state index contributed by atoms with van der Waals surface area (Å²) in [5.41, 5.74) is 7.54. The Kier molecular flexibility index (Phi) is 3.64. The standard InChI is InChI=1S/C13H18N2O2/c1-2-17-13(16)12-8-15-7-11(12)9-3-5-10(14)6-4-9/h3-6,11-12,15H,2,7-8,14H2,1H3. The average molecular weight is 234 g/mol. The highest BCUT2D eigenvalue weighted by molar-refractivity contribution is 5.74. The van der Waals surface area contributed by atoms with E-state index >= 15 is 0 Å². The molecule has 1 aliphatic heterocycles. The third-order valence-corrected chi connectivity index (χ3v) is 3.17. The first-order chi connectivity index (χ1) is 8.22. The molecule has 2 atom stereocenters. The van der Waals surface area contributed by atoms with Crippen LogP contribution >= 0.6 is 0 Å². The number of benzene rings is 1. The first-order valence-electron chi connectivity index (χ1n) is 5.95. The van der Waals surface area contributed by atoms with Gasteiger partial charge in [0.25, 0.3) is 0 Å². The quantitative estimate of drug-likeness (QED) is 0.608. The molecule has 2 rings (SSSR count). The van der Waals surface area contributed by atoms with Crippen molar-refractivity contribution in [1.29, 1.82) is 0 Å². The molecule has 2 unspecified atom stereocenters. The minimum atomic E-state index is -0.112. The maximum absolute atomic E-state index is 11.8. The number of rotatable bonds is 3. The van der Waals surface area contributed by atoms with Gasteiger partial charge in [0.1, 0.15) is 0 Å². The van der Waals surface area contributed by atoms with Crippen LogP contribution in [0.2, 0.25) is 0 Å². The highest BCUT2D eigenvalue weighted by Crippen LogP contribution is 2.29. The molecule has 4 nitrogen and oxygen atoms in total. The molecule has 1 aromatic carbocycles. The maximum atomic E-state index is 11.8. The van der Waals surface area contributed by atoms with Crippen LogP contribution in [0.25, 0.3) is 0 Å². The van der Waals surface area contributed by atoms with Crippen LogP contribution in [0.5, 0.6) is 0 Å². The highest BCUT2D eigenvalue weighted by Gasteiger charge is 2.34. The van der Waals surface area contributed by atoms with E-state index in [9.17, 15) is 4.79 Å². The number of anilines is 1. The predicted octanol–water partition coefficient (Wildman–Crippen LogP) is 1.13. The van der Waals surface area contributed by atoms with E-state index in [1.54, 1.807) is 0 Å². The molecule has 0 spiro atoms. The number of esters is 1. The molecule has 0 radical (unpaired) electrons. The second kappa shape index (κ2) is 5.19. The lowest BCUT2D eigenvalue weighted by atomic mass is 9.89. The van der Waals surface area contributed by atoms with Gasteiger partial charge in [-0.15, -0.1) is 0 Å². The molecule has 92 valence electrons. The van der Waals surface area contributed by atoms with Crippen LogP contribution in [0.3, 0.4) is 0 Å². The zero-order valence-electron chi connectivity index (χ0n) is 9.98. The van der Waals surface area contributed by atoms with Gasteiger partial charge in [0.15, 0.2) is 0 Å². The van der Waals surface area contributed by atoms with Gasteiger partial charge in [0.2, 0.25) is 0 Å². The van der Waals surface area contributed by atoms with Crippen molar-refractivity contribution in [1.82, 2.24) is 5.32 Å². The first-order valence-corrected chi connectivity index (χ1v) is 5.95. The van der Waals surface area contributed by atoms with E-state index in [1.165, 1.54) is 0 Å². The van der Waals surface area contributed by atoms with Gasteiger partial charge >= 0.3 is 5.97 Å². The van der Waals surface area contributed by atoms with E-state index in [4.69, 9.17) is 10.5 Å². The maximum Gasteiger partial charge on any atom is 0.310 e. The zero-order valence-corrected chi connectivity index (χ0v) is 9.98. The molecule has 0 saturated carbocycles. The van der Waals surface area contributed by atoms with Crippen molar-refractivity contribution in [3.63, 3.8) is 0 Å². The Labute approximate surface area is 101 Å². The summed E-state index contributed by atoms with van der Waals surface area (Å²) in [6, 6.07) is 7.71. The minimum absolute atomic E-state index is 0.0847. The topological polar surface area (TPSA) is 64.3 Å². The van der Waals surface area contributed by atoms with Gasteiger partial charge in [-0.1, -0.05) is 12.1 Å². The fraction of sp³-hybridized carbons (Fsp3) is 0.462. The van der Waals surface area contributed by atoms with Crippen molar-refractivity contribution in [2.24, 2.45) is 5.92 Å². The molecule has 0 aliphatic carbocycles. The molecule has 1 heterocycles. The summed E-state index contributed by atoms with van der Waals surface area (Å²) >= 11 is 0. The smallest absolute Gasteiger partial charge is 0.310 e. The van der Waals surface area contributed by atoms with E-state index in [-0.39, 0.29) is 17.8 Å². The summed E-state index contributed by atoms with van der Waals surface area (Å²) in [6.07, 6.45) is 0. The van der Waals surface area contributed by atoms with Crippen molar-refractivity contribution < 1.29 is 9.53 Å². The Morgan fingerprint density at radius 1 is 1.41 bits per heavy atom.